The Morgan fingerprint density at radius 2 is 1.69 bits per heavy atom. The highest BCUT2D eigenvalue weighted by molar-refractivity contribution is 5.57. The molecule has 1 aromatic heterocycles. The SMILES string of the molecule is Cn1c[n+](C(C)(C)C)cc1-c1ccccc1. The molecule has 0 saturated carbocycles. The van der Waals surface area contributed by atoms with Gasteiger partial charge in [0.15, 0.2) is 5.69 Å². The molecule has 0 fully saturated rings. The van der Waals surface area contributed by atoms with Gasteiger partial charge in [0.2, 0.25) is 6.33 Å². The van der Waals surface area contributed by atoms with E-state index in [0.29, 0.717) is 0 Å². The molecule has 2 nitrogen and oxygen atoms in total. The lowest BCUT2D eigenvalue weighted by molar-refractivity contribution is -0.753. The molecule has 0 aliphatic rings. The molecule has 0 atom stereocenters. The number of imidazole rings is 1. The predicted molar refractivity (Wildman–Crippen MR) is 66.0 cm³/mol. The molecule has 2 rings (SSSR count). The smallest absolute Gasteiger partial charge is 0.233 e. The Kier molecular flexibility index (Phi) is 2.58. The molecule has 0 unspecified atom stereocenters. The fraction of sp³-hybridized carbons (Fsp3) is 0.357. The molecule has 0 saturated heterocycles. The topological polar surface area (TPSA) is 8.81 Å². The fourth-order valence-corrected chi connectivity index (χ4v) is 1.76. The molecule has 0 bridgehead atoms. The van der Waals surface area contributed by atoms with Crippen LogP contribution in [0.15, 0.2) is 42.9 Å². The molecule has 16 heavy (non-hydrogen) atoms. The van der Waals surface area contributed by atoms with E-state index >= 15 is 0 Å². The largest absolute Gasteiger partial charge is 0.244 e. The fourth-order valence-electron chi connectivity index (χ4n) is 1.76. The number of rotatable bonds is 1. The van der Waals surface area contributed by atoms with Crippen LogP contribution in [0.3, 0.4) is 0 Å². The summed E-state index contributed by atoms with van der Waals surface area (Å²) in [5.74, 6) is 0. The van der Waals surface area contributed by atoms with Crippen LogP contribution in [0.2, 0.25) is 0 Å². The molecule has 0 radical (unpaired) electrons. The Labute approximate surface area is 97.2 Å². The average Bonchev–Trinajstić information content (AvgIpc) is 2.61. The molecule has 0 aliphatic heterocycles. The van der Waals surface area contributed by atoms with Gasteiger partial charge >= 0.3 is 0 Å². The van der Waals surface area contributed by atoms with Crippen molar-refractivity contribution in [2.24, 2.45) is 7.05 Å². The highest BCUT2D eigenvalue weighted by Gasteiger charge is 2.22. The van der Waals surface area contributed by atoms with E-state index in [0.717, 1.165) is 0 Å². The number of hydrogen-bond acceptors (Lipinski definition) is 0. The molecule has 0 spiro atoms. The number of nitrogens with zero attached hydrogens (tertiary/aromatic N) is 2. The maximum Gasteiger partial charge on any atom is 0.244 e. The maximum atomic E-state index is 2.25. The van der Waals surface area contributed by atoms with E-state index in [1.165, 1.54) is 11.3 Å². The molecule has 0 aliphatic carbocycles. The predicted octanol–water partition coefficient (Wildman–Crippen LogP) is 2.73. The monoisotopic (exact) mass is 215 g/mol. The average molecular weight is 215 g/mol. The van der Waals surface area contributed by atoms with E-state index in [4.69, 9.17) is 0 Å². The third-order valence-corrected chi connectivity index (χ3v) is 2.78. The lowest BCUT2D eigenvalue weighted by Crippen LogP contribution is -2.48. The number of benzene rings is 1. The summed E-state index contributed by atoms with van der Waals surface area (Å²) in [4.78, 5) is 0. The summed E-state index contributed by atoms with van der Waals surface area (Å²) in [5, 5.41) is 0. The van der Waals surface area contributed by atoms with E-state index in [1.54, 1.807) is 0 Å². The van der Waals surface area contributed by atoms with Crippen LogP contribution in [-0.4, -0.2) is 4.57 Å². The molecular formula is C14H19N2+. The second-order valence-electron chi connectivity index (χ2n) is 5.18. The van der Waals surface area contributed by atoms with Crippen molar-refractivity contribution < 1.29 is 4.57 Å². The zero-order valence-electron chi connectivity index (χ0n) is 10.4. The first-order chi connectivity index (χ1) is 7.48. The standard InChI is InChI=1S/C14H19N2/c1-14(2,3)16-10-13(15(4)11-16)12-8-6-5-7-9-12/h5-11H,1-4H3/q+1. The molecule has 0 N–H and O–H groups in total. The second-order valence-corrected chi connectivity index (χ2v) is 5.18. The first kappa shape index (κ1) is 10.9. The van der Waals surface area contributed by atoms with Crippen LogP contribution in [0.1, 0.15) is 20.8 Å². The highest BCUT2D eigenvalue weighted by atomic mass is 15.1. The summed E-state index contributed by atoms with van der Waals surface area (Å²) >= 11 is 0. The quantitative estimate of drug-likeness (QED) is 0.647. The zero-order chi connectivity index (χ0) is 11.8. The van der Waals surface area contributed by atoms with Gasteiger partial charge < -0.3 is 0 Å². The van der Waals surface area contributed by atoms with Crippen LogP contribution in [0.4, 0.5) is 0 Å². The first-order valence-electron chi connectivity index (χ1n) is 5.62. The Balaban J connectivity index is 2.48. The molecular weight excluding hydrogens is 196 g/mol. The Bertz CT molecular complexity index is 475. The summed E-state index contributed by atoms with van der Waals surface area (Å²) in [6, 6.07) is 10.5. The third kappa shape index (κ3) is 2.01. The van der Waals surface area contributed by atoms with Gasteiger partial charge in [0.25, 0.3) is 0 Å². The van der Waals surface area contributed by atoms with Gasteiger partial charge in [-0.25, -0.2) is 9.13 Å². The van der Waals surface area contributed by atoms with Gasteiger partial charge in [-0.1, -0.05) is 30.3 Å². The molecule has 2 aromatic rings. The van der Waals surface area contributed by atoms with Gasteiger partial charge in [0, 0.05) is 5.56 Å². The van der Waals surface area contributed by atoms with Crippen molar-refractivity contribution in [3.63, 3.8) is 0 Å². The summed E-state index contributed by atoms with van der Waals surface area (Å²) < 4.78 is 4.41. The van der Waals surface area contributed by atoms with Crippen LogP contribution < -0.4 is 4.57 Å². The van der Waals surface area contributed by atoms with Crippen molar-refractivity contribution in [1.29, 1.82) is 0 Å². The van der Waals surface area contributed by atoms with Gasteiger partial charge in [0.1, 0.15) is 11.7 Å². The van der Waals surface area contributed by atoms with Crippen molar-refractivity contribution in [1.82, 2.24) is 4.57 Å². The second kappa shape index (κ2) is 3.78. The Morgan fingerprint density at radius 1 is 1.06 bits per heavy atom. The normalized spacial score (nSPS) is 11.8. The van der Waals surface area contributed by atoms with E-state index in [1.807, 2.05) is 6.07 Å². The Morgan fingerprint density at radius 3 is 2.19 bits per heavy atom. The van der Waals surface area contributed by atoms with E-state index < -0.39 is 0 Å². The van der Waals surface area contributed by atoms with E-state index in [2.05, 4.69) is 73.7 Å². The van der Waals surface area contributed by atoms with Gasteiger partial charge in [0.05, 0.1) is 7.05 Å². The lowest BCUT2D eigenvalue weighted by Gasteiger charge is -2.13. The minimum absolute atomic E-state index is 0.130. The summed E-state index contributed by atoms with van der Waals surface area (Å²) in [5.41, 5.74) is 2.63. The van der Waals surface area contributed by atoms with E-state index in [9.17, 15) is 0 Å². The molecule has 0 amide bonds. The van der Waals surface area contributed by atoms with Gasteiger partial charge in [-0.05, 0) is 20.8 Å². The zero-order valence-corrected chi connectivity index (χ0v) is 10.4. The Hall–Kier alpha value is -1.57. The van der Waals surface area contributed by atoms with Crippen LogP contribution in [0, 0.1) is 0 Å². The molecule has 1 aromatic carbocycles. The van der Waals surface area contributed by atoms with Crippen molar-refractivity contribution in [3.8, 4) is 11.3 Å². The van der Waals surface area contributed by atoms with Gasteiger partial charge in [-0.15, -0.1) is 0 Å². The summed E-state index contributed by atoms with van der Waals surface area (Å²) in [6.45, 7) is 6.63. The molecule has 2 heteroatoms. The van der Waals surface area contributed by atoms with Crippen LogP contribution >= 0.6 is 0 Å². The minimum atomic E-state index is 0.130. The van der Waals surface area contributed by atoms with Gasteiger partial charge in [-0.3, -0.25) is 0 Å². The van der Waals surface area contributed by atoms with Crippen molar-refractivity contribution in [2.75, 3.05) is 0 Å². The van der Waals surface area contributed by atoms with Crippen molar-refractivity contribution >= 4 is 0 Å². The van der Waals surface area contributed by atoms with Crippen LogP contribution in [-0.2, 0) is 12.6 Å². The van der Waals surface area contributed by atoms with E-state index in [-0.39, 0.29) is 5.54 Å². The van der Waals surface area contributed by atoms with Crippen molar-refractivity contribution in [3.05, 3.63) is 42.9 Å². The number of hydrogen-bond donors (Lipinski definition) is 0. The van der Waals surface area contributed by atoms with Crippen LogP contribution in [0.25, 0.3) is 11.3 Å². The molecule has 84 valence electrons. The lowest BCUT2D eigenvalue weighted by atomic mass is 10.1. The number of aromatic nitrogens is 2. The summed E-state index contributed by atoms with van der Waals surface area (Å²) in [7, 11) is 2.09. The number of aryl methyl sites for hydroxylation is 1. The summed E-state index contributed by atoms with van der Waals surface area (Å²) in [6.07, 6.45) is 4.34. The third-order valence-electron chi connectivity index (χ3n) is 2.78. The van der Waals surface area contributed by atoms with Crippen molar-refractivity contribution in [2.45, 2.75) is 26.3 Å². The van der Waals surface area contributed by atoms with Gasteiger partial charge in [-0.2, -0.15) is 0 Å². The molecule has 1 heterocycles. The first-order valence-corrected chi connectivity index (χ1v) is 5.62. The minimum Gasteiger partial charge on any atom is -0.233 e. The highest BCUT2D eigenvalue weighted by Crippen LogP contribution is 2.18. The van der Waals surface area contributed by atoms with Crippen LogP contribution in [0.5, 0.6) is 0 Å². The maximum absolute atomic E-state index is 2.25.